The number of hydrogen-bond acceptors (Lipinski definition) is 3. The van der Waals surface area contributed by atoms with Crippen LogP contribution in [-0.2, 0) is 12.2 Å². The molecule has 2 rings (SSSR count). The van der Waals surface area contributed by atoms with E-state index in [4.69, 9.17) is 11.6 Å². The highest BCUT2D eigenvalue weighted by atomic mass is 35.5. The Morgan fingerprint density at radius 3 is 2.78 bits per heavy atom. The van der Waals surface area contributed by atoms with Gasteiger partial charge in [0.15, 0.2) is 0 Å². The van der Waals surface area contributed by atoms with Crippen LogP contribution < -0.4 is 0 Å². The van der Waals surface area contributed by atoms with Crippen molar-refractivity contribution in [3.63, 3.8) is 0 Å². The molecule has 0 aliphatic heterocycles. The summed E-state index contributed by atoms with van der Waals surface area (Å²) in [4.78, 5) is 8.62. The predicted octanol–water partition coefficient (Wildman–Crippen LogP) is 4.29. The second-order valence-corrected chi connectivity index (χ2v) is 5.46. The van der Waals surface area contributed by atoms with Crippen LogP contribution in [0, 0.1) is 6.92 Å². The van der Waals surface area contributed by atoms with Gasteiger partial charge in [0.1, 0.15) is 16.0 Å². The summed E-state index contributed by atoms with van der Waals surface area (Å²) in [6.07, 6.45) is 0.804. The molecule has 4 heteroatoms. The van der Waals surface area contributed by atoms with Crippen molar-refractivity contribution >= 4 is 23.4 Å². The number of rotatable bonds is 4. The average Bonchev–Trinajstić information content (AvgIpc) is 2.36. The first-order chi connectivity index (χ1) is 8.67. The summed E-state index contributed by atoms with van der Waals surface area (Å²) in [6, 6.07) is 10.3. The normalized spacial score (nSPS) is 10.6. The molecule has 0 spiro atoms. The van der Waals surface area contributed by atoms with Crippen LogP contribution in [0.3, 0.4) is 0 Å². The summed E-state index contributed by atoms with van der Waals surface area (Å²) in [5.74, 6) is 1.70. The molecule has 1 aromatic carbocycles. The molecule has 0 fully saturated rings. The zero-order valence-electron chi connectivity index (χ0n) is 10.5. The number of thioether (sulfide) groups is 1. The van der Waals surface area contributed by atoms with Gasteiger partial charge in [0.2, 0.25) is 0 Å². The molecule has 2 nitrogen and oxygen atoms in total. The standard InChI is InChI=1S/C14H15ClN2S/c1-3-13-16-12(15)8-14(17-13)18-9-11-6-4-5-10(2)7-11/h4-8H,3,9H2,1-2H3. The minimum Gasteiger partial charge on any atom is -0.226 e. The Hall–Kier alpha value is -1.06. The third-order valence-electron chi connectivity index (χ3n) is 2.50. The van der Waals surface area contributed by atoms with Crippen LogP contribution in [0.4, 0.5) is 0 Å². The Kier molecular flexibility index (Phi) is 4.61. The van der Waals surface area contributed by atoms with Crippen molar-refractivity contribution < 1.29 is 0 Å². The Bertz CT molecular complexity index is 543. The molecular formula is C14H15ClN2S. The molecule has 0 aliphatic rings. The largest absolute Gasteiger partial charge is 0.226 e. The van der Waals surface area contributed by atoms with E-state index < -0.39 is 0 Å². The summed E-state index contributed by atoms with van der Waals surface area (Å²) in [5.41, 5.74) is 2.58. The maximum Gasteiger partial charge on any atom is 0.133 e. The van der Waals surface area contributed by atoms with Crippen molar-refractivity contribution in [2.24, 2.45) is 0 Å². The Labute approximate surface area is 117 Å². The van der Waals surface area contributed by atoms with Crippen molar-refractivity contribution in [2.75, 3.05) is 0 Å². The van der Waals surface area contributed by atoms with E-state index in [0.29, 0.717) is 5.15 Å². The molecule has 0 N–H and O–H groups in total. The minimum atomic E-state index is 0.522. The first kappa shape index (κ1) is 13.4. The lowest BCUT2D eigenvalue weighted by Gasteiger charge is -2.04. The number of aromatic nitrogens is 2. The minimum absolute atomic E-state index is 0.522. The zero-order chi connectivity index (χ0) is 13.0. The summed E-state index contributed by atoms with van der Waals surface area (Å²) in [6.45, 7) is 4.13. The second-order valence-electron chi connectivity index (χ2n) is 4.08. The molecule has 0 atom stereocenters. The van der Waals surface area contributed by atoms with Crippen molar-refractivity contribution in [2.45, 2.75) is 31.0 Å². The summed E-state index contributed by atoms with van der Waals surface area (Å²) in [7, 11) is 0. The molecule has 0 aliphatic carbocycles. The van der Waals surface area contributed by atoms with Gasteiger partial charge in [-0.2, -0.15) is 0 Å². The van der Waals surface area contributed by atoms with Gasteiger partial charge in [-0.1, -0.05) is 48.4 Å². The molecule has 2 aromatic rings. The zero-order valence-corrected chi connectivity index (χ0v) is 12.1. The smallest absolute Gasteiger partial charge is 0.133 e. The van der Waals surface area contributed by atoms with E-state index in [2.05, 4.69) is 41.2 Å². The fraction of sp³-hybridized carbons (Fsp3) is 0.286. The maximum absolute atomic E-state index is 5.97. The molecule has 94 valence electrons. The van der Waals surface area contributed by atoms with Gasteiger partial charge in [-0.3, -0.25) is 0 Å². The number of benzene rings is 1. The molecule has 18 heavy (non-hydrogen) atoms. The summed E-state index contributed by atoms with van der Waals surface area (Å²) >= 11 is 7.66. The monoisotopic (exact) mass is 278 g/mol. The van der Waals surface area contributed by atoms with E-state index in [-0.39, 0.29) is 0 Å². The van der Waals surface area contributed by atoms with Crippen LogP contribution in [0.1, 0.15) is 23.9 Å². The Morgan fingerprint density at radius 1 is 1.22 bits per heavy atom. The second kappa shape index (κ2) is 6.21. The molecular weight excluding hydrogens is 264 g/mol. The summed E-state index contributed by atoms with van der Waals surface area (Å²) < 4.78 is 0. The van der Waals surface area contributed by atoms with Crippen LogP contribution in [0.15, 0.2) is 35.4 Å². The Balaban J connectivity index is 2.08. The molecule has 0 bridgehead atoms. The van der Waals surface area contributed by atoms with Crippen LogP contribution in [0.25, 0.3) is 0 Å². The topological polar surface area (TPSA) is 25.8 Å². The number of nitrogens with zero attached hydrogens (tertiary/aromatic N) is 2. The van der Waals surface area contributed by atoms with Crippen LogP contribution in [0.2, 0.25) is 5.15 Å². The van der Waals surface area contributed by atoms with Gasteiger partial charge in [0.25, 0.3) is 0 Å². The van der Waals surface area contributed by atoms with E-state index >= 15 is 0 Å². The molecule has 0 saturated heterocycles. The molecule has 1 aromatic heterocycles. The van der Waals surface area contributed by atoms with Gasteiger partial charge in [0.05, 0.1) is 0 Å². The molecule has 0 unspecified atom stereocenters. The van der Waals surface area contributed by atoms with Crippen molar-refractivity contribution in [1.29, 1.82) is 0 Å². The first-order valence-corrected chi connectivity index (χ1v) is 7.25. The maximum atomic E-state index is 5.97. The van der Waals surface area contributed by atoms with Gasteiger partial charge in [-0.05, 0) is 12.5 Å². The van der Waals surface area contributed by atoms with Gasteiger partial charge in [-0.15, -0.1) is 11.8 Å². The fourth-order valence-electron chi connectivity index (χ4n) is 1.63. The number of hydrogen-bond donors (Lipinski definition) is 0. The van der Waals surface area contributed by atoms with Crippen LogP contribution in [0.5, 0.6) is 0 Å². The quantitative estimate of drug-likeness (QED) is 0.616. The average molecular weight is 279 g/mol. The molecule has 0 radical (unpaired) electrons. The number of aryl methyl sites for hydroxylation is 2. The van der Waals surface area contributed by atoms with E-state index in [1.807, 2.05) is 13.0 Å². The molecule has 1 heterocycles. The molecule has 0 amide bonds. The lowest BCUT2D eigenvalue weighted by molar-refractivity contribution is 0.889. The first-order valence-electron chi connectivity index (χ1n) is 5.89. The van der Waals surface area contributed by atoms with Gasteiger partial charge < -0.3 is 0 Å². The van der Waals surface area contributed by atoms with Crippen molar-refractivity contribution in [3.8, 4) is 0 Å². The van der Waals surface area contributed by atoms with Crippen molar-refractivity contribution in [1.82, 2.24) is 9.97 Å². The van der Waals surface area contributed by atoms with E-state index in [1.54, 1.807) is 11.8 Å². The third kappa shape index (κ3) is 3.72. The van der Waals surface area contributed by atoms with Gasteiger partial charge in [0, 0.05) is 18.2 Å². The SMILES string of the molecule is CCc1nc(Cl)cc(SCc2cccc(C)c2)n1. The lowest BCUT2D eigenvalue weighted by atomic mass is 10.2. The van der Waals surface area contributed by atoms with Gasteiger partial charge in [-0.25, -0.2) is 9.97 Å². The van der Waals surface area contributed by atoms with E-state index in [9.17, 15) is 0 Å². The number of halogens is 1. The van der Waals surface area contributed by atoms with E-state index in [0.717, 1.165) is 23.0 Å². The highest BCUT2D eigenvalue weighted by molar-refractivity contribution is 7.98. The molecule has 0 saturated carbocycles. The van der Waals surface area contributed by atoms with Crippen molar-refractivity contribution in [3.05, 3.63) is 52.4 Å². The van der Waals surface area contributed by atoms with Gasteiger partial charge >= 0.3 is 0 Å². The Morgan fingerprint density at radius 2 is 2.06 bits per heavy atom. The predicted molar refractivity (Wildman–Crippen MR) is 77.2 cm³/mol. The highest BCUT2D eigenvalue weighted by Crippen LogP contribution is 2.23. The fourth-order valence-corrected chi connectivity index (χ4v) is 2.76. The lowest BCUT2D eigenvalue weighted by Crippen LogP contribution is -1.94. The summed E-state index contributed by atoms with van der Waals surface area (Å²) in [5, 5.41) is 1.46. The van der Waals surface area contributed by atoms with Crippen LogP contribution in [-0.4, -0.2) is 9.97 Å². The van der Waals surface area contributed by atoms with E-state index in [1.165, 1.54) is 11.1 Å². The van der Waals surface area contributed by atoms with Crippen LogP contribution >= 0.6 is 23.4 Å². The third-order valence-corrected chi connectivity index (χ3v) is 3.68. The highest BCUT2D eigenvalue weighted by Gasteiger charge is 2.03.